The summed E-state index contributed by atoms with van der Waals surface area (Å²) in [7, 11) is 5.96. The number of halogens is 1. The Balaban J connectivity index is 1.52. The minimum Gasteiger partial charge on any atom is -0.366 e. The maximum atomic E-state index is 14.0. The van der Waals surface area contributed by atoms with E-state index in [0.29, 0.717) is 5.69 Å². The number of anilines is 1. The fraction of sp³-hybridized carbons (Fsp3) is 0.409. The normalized spacial score (nSPS) is 15.2. The minimum atomic E-state index is -0.156. The highest BCUT2D eigenvalue weighted by molar-refractivity contribution is 5.80. The van der Waals surface area contributed by atoms with E-state index in [9.17, 15) is 4.39 Å². The van der Waals surface area contributed by atoms with E-state index in [4.69, 9.17) is 0 Å². The molecule has 0 aromatic heterocycles. The van der Waals surface area contributed by atoms with Gasteiger partial charge >= 0.3 is 0 Å². The first-order chi connectivity index (χ1) is 13.6. The third-order valence-corrected chi connectivity index (χ3v) is 4.96. The van der Waals surface area contributed by atoms with Crippen molar-refractivity contribution in [3.05, 3.63) is 65.5 Å². The van der Waals surface area contributed by atoms with E-state index in [0.717, 1.165) is 45.2 Å². The van der Waals surface area contributed by atoms with Gasteiger partial charge in [-0.05, 0) is 37.4 Å². The summed E-state index contributed by atoms with van der Waals surface area (Å²) in [6, 6.07) is 15.7. The van der Waals surface area contributed by atoms with Crippen molar-refractivity contribution in [3.63, 3.8) is 0 Å². The Labute approximate surface area is 167 Å². The minimum absolute atomic E-state index is 0.156. The molecule has 1 heterocycles. The number of nitrogens with one attached hydrogen (secondary N) is 1. The van der Waals surface area contributed by atoms with Crippen molar-refractivity contribution in [2.24, 2.45) is 4.99 Å². The fourth-order valence-corrected chi connectivity index (χ4v) is 3.51. The monoisotopic (exact) mass is 383 g/mol. The lowest BCUT2D eigenvalue weighted by Crippen LogP contribution is -2.52. The quantitative estimate of drug-likeness (QED) is 0.636. The Morgan fingerprint density at radius 3 is 2.25 bits per heavy atom. The van der Waals surface area contributed by atoms with Gasteiger partial charge in [-0.1, -0.05) is 36.4 Å². The van der Waals surface area contributed by atoms with Gasteiger partial charge in [0.2, 0.25) is 0 Å². The van der Waals surface area contributed by atoms with Crippen molar-refractivity contribution in [2.75, 3.05) is 52.2 Å². The number of piperazine rings is 1. The molecule has 0 saturated carbocycles. The zero-order chi connectivity index (χ0) is 19.9. The highest BCUT2D eigenvalue weighted by atomic mass is 19.1. The molecule has 0 spiro atoms. The van der Waals surface area contributed by atoms with Crippen LogP contribution in [0, 0.1) is 5.82 Å². The highest BCUT2D eigenvalue weighted by Gasteiger charge is 2.21. The summed E-state index contributed by atoms with van der Waals surface area (Å²) >= 11 is 0. The molecule has 0 bridgehead atoms. The van der Waals surface area contributed by atoms with Gasteiger partial charge in [-0.15, -0.1) is 0 Å². The molecule has 1 saturated heterocycles. The second-order valence-corrected chi connectivity index (χ2v) is 7.38. The first kappa shape index (κ1) is 20.1. The largest absolute Gasteiger partial charge is 0.366 e. The van der Waals surface area contributed by atoms with E-state index in [-0.39, 0.29) is 5.82 Å². The van der Waals surface area contributed by atoms with Gasteiger partial charge in [0, 0.05) is 46.3 Å². The maximum Gasteiger partial charge on any atom is 0.194 e. The Morgan fingerprint density at radius 1 is 1.00 bits per heavy atom. The number of hydrogen-bond donors (Lipinski definition) is 1. The Kier molecular flexibility index (Phi) is 6.87. The summed E-state index contributed by atoms with van der Waals surface area (Å²) in [5.41, 5.74) is 3.22. The fourth-order valence-electron chi connectivity index (χ4n) is 3.51. The van der Waals surface area contributed by atoms with Gasteiger partial charge < -0.3 is 20.0 Å². The molecular formula is C22H30FN5. The van der Waals surface area contributed by atoms with Crippen molar-refractivity contribution in [2.45, 2.75) is 13.1 Å². The van der Waals surface area contributed by atoms with Crippen LogP contribution in [-0.4, -0.2) is 63.1 Å². The number of nitrogens with zero attached hydrogens (tertiary/aromatic N) is 4. The Bertz CT molecular complexity index is 780. The Morgan fingerprint density at radius 2 is 1.64 bits per heavy atom. The average molecular weight is 384 g/mol. The average Bonchev–Trinajstić information content (AvgIpc) is 2.70. The molecule has 0 unspecified atom stereocenters. The predicted molar refractivity (Wildman–Crippen MR) is 114 cm³/mol. The Hall–Kier alpha value is -2.60. The smallest absolute Gasteiger partial charge is 0.194 e. The molecule has 28 heavy (non-hydrogen) atoms. The van der Waals surface area contributed by atoms with E-state index >= 15 is 0 Å². The van der Waals surface area contributed by atoms with E-state index in [2.05, 4.69) is 63.4 Å². The van der Waals surface area contributed by atoms with Gasteiger partial charge in [-0.25, -0.2) is 4.39 Å². The van der Waals surface area contributed by atoms with E-state index in [1.165, 1.54) is 17.2 Å². The molecule has 6 heteroatoms. The van der Waals surface area contributed by atoms with E-state index < -0.39 is 0 Å². The molecule has 1 N–H and O–H groups in total. The van der Waals surface area contributed by atoms with Crippen LogP contribution in [0.2, 0.25) is 0 Å². The lowest BCUT2D eigenvalue weighted by molar-refractivity contribution is 0.370. The zero-order valence-corrected chi connectivity index (χ0v) is 17.0. The SMILES string of the molecule is CN=C(NCc1ccc(CN(C)C)cc1)N1CCN(c2ccccc2F)CC1. The molecule has 1 aliphatic heterocycles. The third kappa shape index (κ3) is 5.23. The third-order valence-electron chi connectivity index (χ3n) is 4.96. The first-order valence-corrected chi connectivity index (χ1v) is 9.74. The molecular weight excluding hydrogens is 353 g/mol. The van der Waals surface area contributed by atoms with Crippen molar-refractivity contribution in [1.29, 1.82) is 0 Å². The second-order valence-electron chi connectivity index (χ2n) is 7.38. The summed E-state index contributed by atoms with van der Waals surface area (Å²) in [5, 5.41) is 3.45. The van der Waals surface area contributed by atoms with Crippen LogP contribution in [0.3, 0.4) is 0 Å². The molecule has 0 aliphatic carbocycles. The topological polar surface area (TPSA) is 34.1 Å². The van der Waals surface area contributed by atoms with Crippen molar-refractivity contribution >= 4 is 11.6 Å². The summed E-state index contributed by atoms with van der Waals surface area (Å²) in [6.07, 6.45) is 0. The van der Waals surface area contributed by atoms with Gasteiger partial charge in [0.25, 0.3) is 0 Å². The highest BCUT2D eigenvalue weighted by Crippen LogP contribution is 2.20. The van der Waals surface area contributed by atoms with Crippen LogP contribution in [0.5, 0.6) is 0 Å². The number of guanidine groups is 1. The summed E-state index contributed by atoms with van der Waals surface area (Å²) in [5.74, 6) is 0.738. The van der Waals surface area contributed by atoms with Gasteiger partial charge in [0.05, 0.1) is 5.69 Å². The number of aliphatic imine (C=N–C) groups is 1. The van der Waals surface area contributed by atoms with Crippen molar-refractivity contribution in [3.8, 4) is 0 Å². The van der Waals surface area contributed by atoms with Crippen LogP contribution in [0.4, 0.5) is 10.1 Å². The molecule has 3 rings (SSSR count). The van der Waals surface area contributed by atoms with Crippen LogP contribution in [0.1, 0.15) is 11.1 Å². The summed E-state index contributed by atoms with van der Waals surface area (Å²) in [4.78, 5) is 10.9. The van der Waals surface area contributed by atoms with E-state index in [1.807, 2.05) is 19.2 Å². The van der Waals surface area contributed by atoms with E-state index in [1.54, 1.807) is 6.07 Å². The summed E-state index contributed by atoms with van der Waals surface area (Å²) in [6.45, 7) is 4.87. The second kappa shape index (κ2) is 9.55. The number of hydrogen-bond acceptors (Lipinski definition) is 3. The standard InChI is InChI=1S/C22H30FN5/c1-24-22(25-16-18-8-10-19(11-9-18)17-26(2)3)28-14-12-27(13-15-28)21-7-5-4-6-20(21)23/h4-11H,12-17H2,1-3H3,(H,24,25). The lowest BCUT2D eigenvalue weighted by atomic mass is 10.1. The molecule has 1 fully saturated rings. The van der Waals surface area contributed by atoms with Crippen LogP contribution >= 0.6 is 0 Å². The van der Waals surface area contributed by atoms with Gasteiger partial charge in [-0.3, -0.25) is 4.99 Å². The van der Waals surface area contributed by atoms with Gasteiger partial charge in [0.1, 0.15) is 5.82 Å². The van der Waals surface area contributed by atoms with Crippen molar-refractivity contribution < 1.29 is 4.39 Å². The van der Waals surface area contributed by atoms with Crippen LogP contribution in [-0.2, 0) is 13.1 Å². The molecule has 1 aliphatic rings. The van der Waals surface area contributed by atoms with Crippen molar-refractivity contribution in [1.82, 2.24) is 15.1 Å². The van der Waals surface area contributed by atoms with Crippen LogP contribution < -0.4 is 10.2 Å². The van der Waals surface area contributed by atoms with Crippen LogP contribution in [0.15, 0.2) is 53.5 Å². The molecule has 2 aromatic carbocycles. The van der Waals surface area contributed by atoms with Gasteiger partial charge in [-0.2, -0.15) is 0 Å². The lowest BCUT2D eigenvalue weighted by Gasteiger charge is -2.37. The molecule has 0 atom stereocenters. The number of rotatable bonds is 5. The molecule has 0 radical (unpaired) electrons. The predicted octanol–water partition coefficient (Wildman–Crippen LogP) is 2.78. The van der Waals surface area contributed by atoms with Crippen LogP contribution in [0.25, 0.3) is 0 Å². The number of benzene rings is 2. The summed E-state index contributed by atoms with van der Waals surface area (Å²) < 4.78 is 14.0. The first-order valence-electron chi connectivity index (χ1n) is 9.74. The zero-order valence-electron chi connectivity index (χ0n) is 17.0. The maximum absolute atomic E-state index is 14.0. The molecule has 0 amide bonds. The molecule has 150 valence electrons. The molecule has 5 nitrogen and oxygen atoms in total. The number of para-hydroxylation sites is 1. The van der Waals surface area contributed by atoms with Gasteiger partial charge in [0.15, 0.2) is 5.96 Å². The molecule has 2 aromatic rings.